The van der Waals surface area contributed by atoms with Gasteiger partial charge in [-0.1, -0.05) is 24.3 Å². The second kappa shape index (κ2) is 23.2. The summed E-state index contributed by atoms with van der Waals surface area (Å²) in [6, 6.07) is 11.1. The van der Waals surface area contributed by atoms with Gasteiger partial charge in [-0.2, -0.15) is 0 Å². The second-order valence-corrected chi connectivity index (χ2v) is 17.1. The molecule has 0 bridgehead atoms. The molecule has 2 fully saturated rings. The average Bonchev–Trinajstić information content (AvgIpc) is 4.04. The first kappa shape index (κ1) is 50.4. The van der Waals surface area contributed by atoms with Gasteiger partial charge in [-0.25, -0.2) is 19.5 Å². The molecule has 70 heavy (non-hydrogen) atoms. The Morgan fingerprint density at radius 1 is 0.914 bits per heavy atom. The minimum atomic E-state index is -1.32. The molecular weight excluding hydrogens is 909 g/mol. The predicted octanol–water partition coefficient (Wildman–Crippen LogP) is 4.82. The fourth-order valence-corrected chi connectivity index (χ4v) is 8.41. The molecule has 2 aromatic heterocycles. The van der Waals surface area contributed by atoms with Gasteiger partial charge in [0, 0.05) is 76.5 Å². The molecule has 7 N–H and O–H groups in total. The van der Waals surface area contributed by atoms with Crippen molar-refractivity contribution in [3.05, 3.63) is 84.1 Å². The molecule has 0 radical (unpaired) electrons. The number of aromatic nitrogens is 3. The van der Waals surface area contributed by atoms with E-state index in [1.54, 1.807) is 41.8 Å². The van der Waals surface area contributed by atoms with E-state index in [0.29, 0.717) is 63.3 Å². The number of benzene rings is 2. The molecule has 22 nitrogen and oxygen atoms in total. The zero-order valence-corrected chi connectivity index (χ0v) is 39.5. The molecule has 0 aliphatic carbocycles. The molecule has 4 aromatic rings. The molecule has 374 valence electrons. The maximum Gasteiger partial charge on any atom is 0.414 e. The van der Waals surface area contributed by atoms with Gasteiger partial charge in [0.1, 0.15) is 5.69 Å². The van der Waals surface area contributed by atoms with Crippen LogP contribution in [0.3, 0.4) is 0 Å². The van der Waals surface area contributed by atoms with Crippen molar-refractivity contribution in [3.63, 3.8) is 0 Å². The number of carboxylic acid groups (broad SMARTS) is 1. The number of methoxy groups -OCH3 is 1. The summed E-state index contributed by atoms with van der Waals surface area (Å²) < 4.78 is 32.1. The lowest BCUT2D eigenvalue weighted by Crippen LogP contribution is -2.53. The smallest absolute Gasteiger partial charge is 0.414 e. The number of nitrogens with one attached hydrogen (secondary N) is 4. The largest absolute Gasteiger partial charge is 0.493 e. The van der Waals surface area contributed by atoms with Crippen LogP contribution in [0.5, 0.6) is 11.5 Å². The number of carbonyl (C=O) groups excluding carboxylic acids is 5. The Bertz CT molecular complexity index is 2570. The van der Waals surface area contributed by atoms with Gasteiger partial charge >= 0.3 is 12.2 Å². The van der Waals surface area contributed by atoms with Crippen LogP contribution < -0.4 is 41.4 Å². The minimum absolute atomic E-state index is 0.0100. The number of fused-ring (bicyclic) bond motifs is 2. The van der Waals surface area contributed by atoms with Crippen molar-refractivity contribution < 1.29 is 57.6 Å². The number of ether oxygens (including phenoxy) is 5. The Morgan fingerprint density at radius 2 is 1.70 bits per heavy atom. The van der Waals surface area contributed by atoms with Gasteiger partial charge in [0.15, 0.2) is 29.8 Å². The summed E-state index contributed by atoms with van der Waals surface area (Å²) >= 11 is 0. The fourth-order valence-electron chi connectivity index (χ4n) is 8.41. The van der Waals surface area contributed by atoms with Crippen LogP contribution in [0.15, 0.2) is 67.0 Å². The van der Waals surface area contributed by atoms with Crippen LogP contribution in [0.1, 0.15) is 82.8 Å². The molecule has 3 aliphatic heterocycles. The summed E-state index contributed by atoms with van der Waals surface area (Å²) in [5.74, 6) is -0.988. The molecular formula is C48H60N10O12. The van der Waals surface area contributed by atoms with Crippen LogP contribution in [0, 0.1) is 0 Å². The molecule has 2 aromatic carbocycles. The lowest BCUT2D eigenvalue weighted by Gasteiger charge is -2.37. The summed E-state index contributed by atoms with van der Waals surface area (Å²) in [5.41, 5.74) is 8.89. The molecule has 7 rings (SSSR count). The first-order chi connectivity index (χ1) is 33.7. The average molecular weight is 969 g/mol. The molecule has 2 saturated heterocycles. The van der Waals surface area contributed by atoms with Crippen LogP contribution in [-0.2, 0) is 33.1 Å². The Labute approximate surface area is 404 Å². The van der Waals surface area contributed by atoms with Crippen LogP contribution in [0.25, 0.3) is 11.1 Å². The molecule has 3 unspecified atom stereocenters. The lowest BCUT2D eigenvalue weighted by molar-refractivity contribution is -0.195. The van der Waals surface area contributed by atoms with E-state index in [1.165, 1.54) is 30.0 Å². The SMILES string of the molecule is C=C1CC2C(OC3CCCCO3)N(C(=O)O)c3cc(OCCCC(=O)Nc4cn(C)c(C(=O)Nc5ccc(-c6cc(C(=O)NCCCOC(=O)NCCCN)n(C)c6)cc5)n4)c(OC)cc3C(=O)N2C1. The van der Waals surface area contributed by atoms with E-state index in [9.17, 15) is 33.9 Å². The van der Waals surface area contributed by atoms with Crippen molar-refractivity contribution in [2.75, 3.05) is 68.6 Å². The van der Waals surface area contributed by atoms with Gasteiger partial charge in [-0.15, -0.1) is 0 Å². The number of imidazole rings is 1. The van der Waals surface area contributed by atoms with Crippen LogP contribution in [0.4, 0.5) is 26.8 Å². The first-order valence-electron chi connectivity index (χ1n) is 23.2. The number of amides is 6. The minimum Gasteiger partial charge on any atom is -0.493 e. The summed E-state index contributed by atoms with van der Waals surface area (Å²) in [5, 5.41) is 21.6. The third-order valence-corrected chi connectivity index (χ3v) is 11.9. The zero-order chi connectivity index (χ0) is 49.9. The van der Waals surface area contributed by atoms with Crippen LogP contribution in [0.2, 0.25) is 0 Å². The number of rotatable bonds is 20. The number of nitrogens with two attached hydrogens (primary N) is 1. The van der Waals surface area contributed by atoms with Gasteiger partial charge in [0.2, 0.25) is 11.7 Å². The quantitative estimate of drug-likeness (QED) is 0.0512. The summed E-state index contributed by atoms with van der Waals surface area (Å²) in [6.07, 6.45) is 3.77. The van der Waals surface area contributed by atoms with E-state index in [2.05, 4.69) is 32.8 Å². The Kier molecular flexibility index (Phi) is 16.8. The van der Waals surface area contributed by atoms with Gasteiger partial charge in [-0.3, -0.25) is 19.2 Å². The topological polar surface area (TPSA) is 272 Å². The first-order valence-corrected chi connectivity index (χ1v) is 23.2. The van der Waals surface area contributed by atoms with Crippen LogP contribution >= 0.6 is 0 Å². The van der Waals surface area contributed by atoms with E-state index in [4.69, 9.17) is 29.4 Å². The van der Waals surface area contributed by atoms with Gasteiger partial charge < -0.3 is 69.8 Å². The molecule has 3 atom stereocenters. The van der Waals surface area contributed by atoms with E-state index >= 15 is 0 Å². The highest BCUT2D eigenvalue weighted by molar-refractivity contribution is 6.06. The summed E-state index contributed by atoms with van der Waals surface area (Å²) in [6.45, 7) is 6.21. The fraction of sp³-hybridized carbons (Fsp3) is 0.438. The molecule has 6 amide bonds. The van der Waals surface area contributed by atoms with E-state index in [0.717, 1.165) is 34.4 Å². The lowest BCUT2D eigenvalue weighted by atomic mass is 10.1. The number of anilines is 3. The van der Waals surface area contributed by atoms with Gasteiger partial charge in [0.05, 0.1) is 37.6 Å². The molecule has 5 heterocycles. The monoisotopic (exact) mass is 968 g/mol. The van der Waals surface area contributed by atoms with E-state index in [-0.39, 0.29) is 78.8 Å². The van der Waals surface area contributed by atoms with Crippen molar-refractivity contribution in [2.24, 2.45) is 19.8 Å². The highest BCUT2D eigenvalue weighted by Crippen LogP contribution is 2.43. The number of alkyl carbamates (subject to hydrolysis) is 1. The van der Waals surface area contributed by atoms with Crippen molar-refractivity contribution in [1.29, 1.82) is 0 Å². The standard InChI is InChI=1S/C48H60N10O12/c1-29-22-36-46(70-41-11-5-6-19-68-41)58(48(64)65)34-25-38(37(66-4)24-33(34)45(62)57(36)26-29)67-20-7-10-40(59)53-39-28-56(3)42(54-39)44(61)52-32-14-12-30(13-15-32)31-23-35(55(2)27-31)43(60)50-18-9-21-69-47(63)51-17-8-16-49/h12-15,23-25,27-28,36,41,46H,1,5-11,16-22,26,49H2,2-4H3,(H,50,60)(H,51,63)(H,52,61)(H,53,59)(H,64,65). The predicted molar refractivity (Wildman–Crippen MR) is 256 cm³/mol. The number of carbonyl (C=O) groups is 6. The van der Waals surface area contributed by atoms with Gasteiger partial charge in [0.25, 0.3) is 17.7 Å². The maximum absolute atomic E-state index is 14.0. The summed E-state index contributed by atoms with van der Waals surface area (Å²) in [7, 11) is 4.80. The Hall–Kier alpha value is -7.43. The Morgan fingerprint density at radius 3 is 2.43 bits per heavy atom. The highest BCUT2D eigenvalue weighted by Gasteiger charge is 2.48. The van der Waals surface area contributed by atoms with Crippen molar-refractivity contribution in [3.8, 4) is 22.6 Å². The maximum atomic E-state index is 14.0. The zero-order valence-electron chi connectivity index (χ0n) is 39.5. The Balaban J connectivity index is 0.900. The highest BCUT2D eigenvalue weighted by atomic mass is 16.7. The third kappa shape index (κ3) is 12.2. The second-order valence-electron chi connectivity index (χ2n) is 17.1. The molecule has 22 heteroatoms. The molecule has 3 aliphatic rings. The van der Waals surface area contributed by atoms with Gasteiger partial charge in [-0.05, 0) is 81.3 Å². The normalized spacial score (nSPS) is 17.5. The number of nitrogens with zero attached hydrogens (tertiary/aromatic N) is 5. The number of hydrogen-bond acceptors (Lipinski definition) is 13. The third-order valence-electron chi connectivity index (χ3n) is 11.9. The van der Waals surface area contributed by atoms with Crippen molar-refractivity contribution >= 4 is 53.0 Å². The van der Waals surface area contributed by atoms with Crippen molar-refractivity contribution in [1.82, 2.24) is 29.7 Å². The van der Waals surface area contributed by atoms with E-state index < -0.39 is 42.6 Å². The summed E-state index contributed by atoms with van der Waals surface area (Å²) in [4.78, 5) is 84.9. The number of aryl methyl sites for hydroxylation is 2. The molecule has 0 saturated carbocycles. The van der Waals surface area contributed by atoms with E-state index in [1.807, 2.05) is 18.3 Å². The van der Waals surface area contributed by atoms with Crippen molar-refractivity contribution in [2.45, 2.75) is 69.9 Å². The van der Waals surface area contributed by atoms with Crippen LogP contribution in [-0.4, -0.2) is 132 Å². The number of hydrogen-bond donors (Lipinski definition) is 6. The molecule has 0 spiro atoms.